The zero-order valence-electron chi connectivity index (χ0n) is 20.0. The van der Waals surface area contributed by atoms with Crippen molar-refractivity contribution in [3.8, 4) is 0 Å². The first kappa shape index (κ1) is 28.6. The number of carbonyl (C=O) groups excluding carboxylic acids is 1. The number of ether oxygens (including phenoxy) is 2. The molecular formula is C24H27ClF2N4O5S. The smallest absolute Gasteiger partial charge is 0.336 e. The van der Waals surface area contributed by atoms with E-state index in [1.165, 1.54) is 23.5 Å². The normalized spacial score (nSPS) is 19.7. The molecule has 1 saturated heterocycles. The number of hydrogen-bond donors (Lipinski definition) is 2. The second-order valence-corrected chi connectivity index (χ2v) is 9.44. The molecule has 1 fully saturated rings. The van der Waals surface area contributed by atoms with Crippen molar-refractivity contribution in [2.45, 2.75) is 31.6 Å². The lowest BCUT2D eigenvalue weighted by atomic mass is 9.94. The molecule has 13 heteroatoms. The summed E-state index contributed by atoms with van der Waals surface area (Å²) in [5.41, 5.74) is 6.43. The van der Waals surface area contributed by atoms with Gasteiger partial charge in [-0.2, -0.15) is 0 Å². The van der Waals surface area contributed by atoms with E-state index in [9.17, 15) is 18.4 Å². The molecule has 2 heterocycles. The molecular weight excluding hydrogens is 530 g/mol. The Morgan fingerprint density at radius 1 is 1.46 bits per heavy atom. The number of benzene rings is 1. The predicted molar refractivity (Wildman–Crippen MR) is 136 cm³/mol. The fourth-order valence-electron chi connectivity index (χ4n) is 4.14. The molecule has 2 aromatic rings. The summed E-state index contributed by atoms with van der Waals surface area (Å²) in [6.07, 6.45) is 1.53. The highest BCUT2D eigenvalue weighted by Crippen LogP contribution is 2.38. The van der Waals surface area contributed by atoms with Gasteiger partial charge in [-0.3, -0.25) is 9.89 Å². The number of likely N-dealkylation sites (tertiary alicyclic amines) is 1. The molecule has 0 aliphatic carbocycles. The number of aliphatic imine (C=N–C) groups is 1. The predicted octanol–water partition coefficient (Wildman–Crippen LogP) is 3.49. The maximum atomic E-state index is 14.5. The maximum Gasteiger partial charge on any atom is 0.336 e. The van der Waals surface area contributed by atoms with E-state index in [0.717, 1.165) is 12.4 Å². The molecule has 1 aromatic carbocycles. The molecule has 9 nitrogen and oxygen atoms in total. The van der Waals surface area contributed by atoms with Crippen LogP contribution in [0.15, 0.2) is 40.3 Å². The largest absolute Gasteiger partial charge is 0.480 e. The Kier molecular flexibility index (Phi) is 10.5. The van der Waals surface area contributed by atoms with Crippen LogP contribution in [0, 0.1) is 5.82 Å². The second kappa shape index (κ2) is 13.6. The van der Waals surface area contributed by atoms with Gasteiger partial charge in [0.2, 0.25) is 0 Å². The highest BCUT2D eigenvalue weighted by atomic mass is 35.5. The van der Waals surface area contributed by atoms with Crippen LogP contribution < -0.4 is 5.73 Å². The maximum absolute atomic E-state index is 14.5. The van der Waals surface area contributed by atoms with Crippen LogP contribution in [0.5, 0.6) is 0 Å². The van der Waals surface area contributed by atoms with Gasteiger partial charge < -0.3 is 20.3 Å². The summed E-state index contributed by atoms with van der Waals surface area (Å²) in [4.78, 5) is 34.7. The molecule has 1 aliphatic heterocycles. The van der Waals surface area contributed by atoms with Gasteiger partial charge in [0.1, 0.15) is 29.6 Å². The van der Waals surface area contributed by atoms with Gasteiger partial charge in [-0.15, -0.1) is 11.3 Å². The van der Waals surface area contributed by atoms with E-state index in [4.69, 9.17) is 31.9 Å². The quantitative estimate of drug-likeness (QED) is 0.176. The first-order valence-corrected chi connectivity index (χ1v) is 12.7. The fraction of sp³-hybridized carbons (Fsp3) is 0.417. The van der Waals surface area contributed by atoms with Gasteiger partial charge in [0.05, 0.1) is 25.1 Å². The zero-order valence-corrected chi connectivity index (χ0v) is 21.6. The first-order chi connectivity index (χ1) is 17.7. The lowest BCUT2D eigenvalue weighted by Crippen LogP contribution is -2.36. The molecule has 0 saturated carbocycles. The molecule has 0 spiro atoms. The van der Waals surface area contributed by atoms with E-state index in [2.05, 4.69) is 9.98 Å². The van der Waals surface area contributed by atoms with Crippen molar-refractivity contribution >= 4 is 46.8 Å². The Hall–Kier alpha value is -2.93. The average molecular weight is 557 g/mol. The topological polar surface area (TPSA) is 127 Å². The Morgan fingerprint density at radius 2 is 2.24 bits per heavy atom. The van der Waals surface area contributed by atoms with Crippen molar-refractivity contribution in [3.05, 3.63) is 56.8 Å². The van der Waals surface area contributed by atoms with Crippen molar-refractivity contribution in [2.24, 2.45) is 10.7 Å². The number of aliphatic carboxylic acids is 1. The minimum Gasteiger partial charge on any atom is -0.480 e. The number of nitrogens with two attached hydrogens (primary N) is 1. The van der Waals surface area contributed by atoms with E-state index >= 15 is 0 Å². The van der Waals surface area contributed by atoms with Crippen LogP contribution >= 0.6 is 22.9 Å². The molecule has 3 N–H and O–H groups in total. The lowest BCUT2D eigenvalue weighted by molar-refractivity contribution is -0.142. The minimum absolute atomic E-state index is 0.0131. The van der Waals surface area contributed by atoms with Crippen LogP contribution in [0.1, 0.15) is 30.0 Å². The average Bonchev–Trinajstić information content (AvgIpc) is 3.48. The first-order valence-electron chi connectivity index (χ1n) is 11.4. The van der Waals surface area contributed by atoms with Gasteiger partial charge in [-0.1, -0.05) is 17.7 Å². The Morgan fingerprint density at radius 3 is 2.86 bits per heavy atom. The van der Waals surface area contributed by atoms with Gasteiger partial charge in [0.15, 0.2) is 0 Å². The number of rotatable bonds is 12. The Bertz CT molecular complexity index is 1150. The number of carbonyl (C=O) groups is 2. The number of esters is 1. The van der Waals surface area contributed by atoms with Gasteiger partial charge in [0, 0.05) is 46.9 Å². The van der Waals surface area contributed by atoms with Crippen LogP contribution in [-0.4, -0.2) is 78.4 Å². The minimum atomic E-state index is -1.17. The van der Waals surface area contributed by atoms with Crippen molar-refractivity contribution in [1.29, 1.82) is 0 Å². The molecule has 2 unspecified atom stereocenters. The number of aromatic nitrogens is 1. The highest BCUT2D eigenvalue weighted by Gasteiger charge is 2.36. The third-order valence-corrected chi connectivity index (χ3v) is 6.81. The Balaban J connectivity index is 2.13. The molecule has 1 aromatic heterocycles. The number of alkyl halides is 1. The van der Waals surface area contributed by atoms with Crippen LogP contribution in [0.3, 0.4) is 0 Å². The summed E-state index contributed by atoms with van der Waals surface area (Å²) in [5, 5.41) is 11.1. The van der Waals surface area contributed by atoms with Crippen molar-refractivity contribution in [3.63, 3.8) is 0 Å². The molecule has 200 valence electrons. The lowest BCUT2D eigenvalue weighted by Gasteiger charge is -2.27. The molecule has 3 atom stereocenters. The van der Waals surface area contributed by atoms with Crippen LogP contribution in [-0.2, 0) is 19.1 Å². The van der Waals surface area contributed by atoms with Crippen molar-refractivity contribution in [2.75, 3.05) is 32.9 Å². The number of hydrogen-bond acceptors (Lipinski definition) is 8. The van der Waals surface area contributed by atoms with Gasteiger partial charge in [-0.25, -0.2) is 23.4 Å². The summed E-state index contributed by atoms with van der Waals surface area (Å²) in [5.74, 6) is -2.41. The number of halogens is 3. The number of carboxylic acid groups (broad SMARTS) is 1. The molecule has 0 radical (unpaired) electrons. The van der Waals surface area contributed by atoms with E-state index in [-0.39, 0.29) is 43.3 Å². The van der Waals surface area contributed by atoms with E-state index in [0.29, 0.717) is 16.1 Å². The number of carboxylic acids is 1. The molecule has 3 rings (SSSR count). The molecule has 0 amide bonds. The SMILES string of the molecule is CCOC(=O)/C(=C(\CN1CC(F)CC1COCC(=O)O)c1nccs1)[C@@H](N=CN)c1ccc(F)cc1Cl. The van der Waals surface area contributed by atoms with Gasteiger partial charge in [-0.05, 0) is 25.5 Å². The van der Waals surface area contributed by atoms with Crippen LogP contribution in [0.2, 0.25) is 5.02 Å². The van der Waals surface area contributed by atoms with E-state index < -0.39 is 42.6 Å². The van der Waals surface area contributed by atoms with E-state index in [1.807, 2.05) is 0 Å². The highest BCUT2D eigenvalue weighted by molar-refractivity contribution is 7.10. The van der Waals surface area contributed by atoms with Crippen molar-refractivity contribution in [1.82, 2.24) is 9.88 Å². The summed E-state index contributed by atoms with van der Waals surface area (Å²) in [6, 6.07) is 2.19. The molecule has 1 aliphatic rings. The van der Waals surface area contributed by atoms with Gasteiger partial charge in [0.25, 0.3) is 0 Å². The van der Waals surface area contributed by atoms with Gasteiger partial charge >= 0.3 is 11.9 Å². The summed E-state index contributed by atoms with van der Waals surface area (Å²) in [7, 11) is 0. The third-order valence-electron chi connectivity index (χ3n) is 5.65. The zero-order chi connectivity index (χ0) is 26.9. The standard InChI is InChI=1S/C24H27ClF2N4O5S/c1-2-36-24(34)21(22(30-13-28)17-4-3-14(26)8-19(17)25)18(23-29-5-6-37-23)10-31-9-15(27)7-16(31)11-35-12-20(32)33/h3-6,8,13,15-16,22H,2,7,9-12H2,1H3,(H2,28,30)(H,32,33)/b21-18+/t15?,16?,22-/m0/s1. The molecule has 0 bridgehead atoms. The summed E-state index contributed by atoms with van der Waals surface area (Å²) in [6.45, 7) is 1.27. The summed E-state index contributed by atoms with van der Waals surface area (Å²) < 4.78 is 38.9. The van der Waals surface area contributed by atoms with Crippen molar-refractivity contribution < 1.29 is 33.0 Å². The monoisotopic (exact) mass is 556 g/mol. The third kappa shape index (κ3) is 7.54. The number of nitrogens with zero attached hydrogens (tertiary/aromatic N) is 3. The Labute approximate surface area is 221 Å². The summed E-state index contributed by atoms with van der Waals surface area (Å²) >= 11 is 7.60. The second-order valence-electron chi connectivity index (χ2n) is 8.14. The van der Waals surface area contributed by atoms with E-state index in [1.54, 1.807) is 23.4 Å². The fourth-order valence-corrected chi connectivity index (χ4v) is 5.10. The van der Waals surface area contributed by atoms with Crippen LogP contribution in [0.4, 0.5) is 8.78 Å². The van der Waals surface area contributed by atoms with Crippen LogP contribution in [0.25, 0.3) is 5.57 Å². The molecule has 37 heavy (non-hydrogen) atoms. The number of thiazole rings is 1.